The van der Waals surface area contributed by atoms with Crippen LogP contribution in [0.15, 0.2) is 12.3 Å². The molecule has 0 saturated heterocycles. The number of ether oxygens (including phenoxy) is 1. The summed E-state index contributed by atoms with van der Waals surface area (Å²) in [6, 6.07) is 1.56. The summed E-state index contributed by atoms with van der Waals surface area (Å²) in [5.74, 6) is -0.404. The largest absolute Gasteiger partial charge is 0.574 e. The fourth-order valence-corrected chi connectivity index (χ4v) is 1.45. The SMILES string of the molecule is Cc1cnc(OC(F)(F)F)c(I)c1. The number of alkyl halides is 3. The minimum Gasteiger partial charge on any atom is -0.387 e. The van der Waals surface area contributed by atoms with Crippen LogP contribution < -0.4 is 4.74 Å². The van der Waals surface area contributed by atoms with Crippen LogP contribution in [0.5, 0.6) is 5.88 Å². The van der Waals surface area contributed by atoms with E-state index in [4.69, 9.17) is 0 Å². The Kier molecular flexibility index (Phi) is 2.99. The molecule has 6 heteroatoms. The van der Waals surface area contributed by atoms with Crippen LogP contribution >= 0.6 is 22.6 Å². The number of halogens is 4. The molecule has 0 spiro atoms. The molecule has 0 saturated carbocycles. The Bertz CT molecular complexity index is 313. The second kappa shape index (κ2) is 3.69. The zero-order chi connectivity index (χ0) is 10.1. The zero-order valence-electron chi connectivity index (χ0n) is 6.52. The monoisotopic (exact) mass is 303 g/mol. The van der Waals surface area contributed by atoms with Crippen molar-refractivity contribution in [1.29, 1.82) is 0 Å². The summed E-state index contributed by atoms with van der Waals surface area (Å²) in [4.78, 5) is 3.51. The fourth-order valence-electron chi connectivity index (χ4n) is 0.706. The van der Waals surface area contributed by atoms with Crippen LogP contribution in [0.3, 0.4) is 0 Å². The Labute approximate surface area is 86.3 Å². The molecule has 0 fully saturated rings. The predicted octanol–water partition coefficient (Wildman–Crippen LogP) is 2.89. The lowest BCUT2D eigenvalue weighted by Gasteiger charge is -2.09. The predicted molar refractivity (Wildman–Crippen MR) is 48.4 cm³/mol. The molecule has 0 atom stereocenters. The van der Waals surface area contributed by atoms with E-state index in [1.165, 1.54) is 6.20 Å². The lowest BCUT2D eigenvalue weighted by molar-refractivity contribution is -0.276. The number of aromatic nitrogens is 1. The first-order valence-corrected chi connectivity index (χ1v) is 4.34. The number of hydrogen-bond acceptors (Lipinski definition) is 2. The van der Waals surface area contributed by atoms with E-state index in [0.29, 0.717) is 3.57 Å². The molecule has 0 aliphatic heterocycles. The van der Waals surface area contributed by atoms with Crippen LogP contribution in [-0.2, 0) is 0 Å². The topological polar surface area (TPSA) is 22.1 Å². The van der Waals surface area contributed by atoms with E-state index in [1.807, 2.05) is 0 Å². The molecule has 0 aliphatic carbocycles. The van der Waals surface area contributed by atoms with Gasteiger partial charge in [-0.05, 0) is 41.1 Å². The summed E-state index contributed by atoms with van der Waals surface area (Å²) in [6.07, 6.45) is -3.36. The van der Waals surface area contributed by atoms with E-state index in [0.717, 1.165) is 5.56 Å². The molecule has 13 heavy (non-hydrogen) atoms. The van der Waals surface area contributed by atoms with E-state index in [-0.39, 0.29) is 0 Å². The molecule has 1 aromatic rings. The third-order valence-corrected chi connectivity index (χ3v) is 1.93. The van der Waals surface area contributed by atoms with Crippen LogP contribution in [0.4, 0.5) is 13.2 Å². The van der Waals surface area contributed by atoms with E-state index >= 15 is 0 Å². The van der Waals surface area contributed by atoms with Crippen molar-refractivity contribution in [2.45, 2.75) is 13.3 Å². The molecular formula is C7H5F3INO. The lowest BCUT2D eigenvalue weighted by Crippen LogP contribution is -2.18. The van der Waals surface area contributed by atoms with Gasteiger partial charge in [0.1, 0.15) is 0 Å². The highest BCUT2D eigenvalue weighted by molar-refractivity contribution is 14.1. The summed E-state index contributed by atoms with van der Waals surface area (Å²) in [5, 5.41) is 0. The lowest BCUT2D eigenvalue weighted by atomic mass is 10.3. The summed E-state index contributed by atoms with van der Waals surface area (Å²) < 4.78 is 39.3. The highest BCUT2D eigenvalue weighted by Crippen LogP contribution is 2.25. The van der Waals surface area contributed by atoms with Crippen molar-refractivity contribution in [2.75, 3.05) is 0 Å². The standard InChI is InChI=1S/C7H5F3INO/c1-4-2-5(11)6(12-3-4)13-7(8,9)10/h2-3H,1H3. The van der Waals surface area contributed by atoms with Gasteiger partial charge < -0.3 is 4.74 Å². The van der Waals surface area contributed by atoms with Gasteiger partial charge in [-0.2, -0.15) is 0 Å². The van der Waals surface area contributed by atoms with E-state index in [9.17, 15) is 13.2 Å². The first kappa shape index (κ1) is 10.6. The maximum absolute atomic E-state index is 11.8. The number of hydrogen-bond donors (Lipinski definition) is 0. The Balaban J connectivity index is 2.90. The number of pyridine rings is 1. The molecule has 0 amide bonds. The molecule has 2 nitrogen and oxygen atoms in total. The molecule has 0 aromatic carbocycles. The normalized spacial score (nSPS) is 11.5. The first-order valence-electron chi connectivity index (χ1n) is 3.26. The van der Waals surface area contributed by atoms with Crippen molar-refractivity contribution in [3.8, 4) is 5.88 Å². The fraction of sp³-hybridized carbons (Fsp3) is 0.286. The third kappa shape index (κ3) is 3.37. The van der Waals surface area contributed by atoms with Gasteiger partial charge in [-0.25, -0.2) is 4.98 Å². The van der Waals surface area contributed by atoms with Crippen molar-refractivity contribution in [2.24, 2.45) is 0 Å². The van der Waals surface area contributed by atoms with E-state index in [1.54, 1.807) is 35.6 Å². The number of rotatable bonds is 1. The van der Waals surface area contributed by atoms with Gasteiger partial charge in [-0.15, -0.1) is 13.2 Å². The van der Waals surface area contributed by atoms with Gasteiger partial charge in [-0.1, -0.05) is 0 Å². The zero-order valence-corrected chi connectivity index (χ0v) is 8.68. The van der Waals surface area contributed by atoms with E-state index in [2.05, 4.69) is 9.72 Å². The molecule has 72 valence electrons. The van der Waals surface area contributed by atoms with Crippen molar-refractivity contribution in [3.05, 3.63) is 21.4 Å². The van der Waals surface area contributed by atoms with Crippen LogP contribution in [0.1, 0.15) is 5.56 Å². The minimum atomic E-state index is -4.68. The summed E-state index contributed by atoms with van der Waals surface area (Å²) in [7, 11) is 0. The van der Waals surface area contributed by atoms with Gasteiger partial charge in [-0.3, -0.25) is 0 Å². The summed E-state index contributed by atoms with van der Waals surface area (Å²) >= 11 is 1.74. The average molecular weight is 303 g/mol. The smallest absolute Gasteiger partial charge is 0.387 e. The minimum absolute atomic E-state index is 0.343. The second-order valence-electron chi connectivity index (χ2n) is 2.35. The number of aryl methyl sites for hydroxylation is 1. The van der Waals surface area contributed by atoms with Crippen LogP contribution in [0.2, 0.25) is 0 Å². The number of nitrogens with zero attached hydrogens (tertiary/aromatic N) is 1. The molecule has 0 aliphatic rings. The Morgan fingerprint density at radius 1 is 1.46 bits per heavy atom. The van der Waals surface area contributed by atoms with Crippen molar-refractivity contribution >= 4 is 22.6 Å². The van der Waals surface area contributed by atoms with Gasteiger partial charge >= 0.3 is 6.36 Å². The first-order chi connectivity index (χ1) is 5.88. The van der Waals surface area contributed by atoms with Crippen molar-refractivity contribution < 1.29 is 17.9 Å². The second-order valence-corrected chi connectivity index (χ2v) is 3.51. The maximum atomic E-state index is 11.8. The molecule has 0 radical (unpaired) electrons. The molecule has 0 N–H and O–H groups in total. The van der Waals surface area contributed by atoms with Crippen LogP contribution in [0, 0.1) is 10.5 Å². The van der Waals surface area contributed by atoms with Gasteiger partial charge in [0.05, 0.1) is 3.57 Å². The molecule has 1 heterocycles. The van der Waals surface area contributed by atoms with Gasteiger partial charge in [0.15, 0.2) is 0 Å². The Hall–Kier alpha value is -0.530. The Morgan fingerprint density at radius 2 is 2.08 bits per heavy atom. The van der Waals surface area contributed by atoms with Crippen LogP contribution in [0.25, 0.3) is 0 Å². The third-order valence-electron chi connectivity index (χ3n) is 1.16. The molecular weight excluding hydrogens is 298 g/mol. The van der Waals surface area contributed by atoms with Crippen molar-refractivity contribution in [3.63, 3.8) is 0 Å². The van der Waals surface area contributed by atoms with E-state index < -0.39 is 12.2 Å². The molecule has 0 bridgehead atoms. The average Bonchev–Trinajstić information content (AvgIpc) is 1.93. The summed E-state index contributed by atoms with van der Waals surface area (Å²) in [5.41, 5.74) is 0.791. The Morgan fingerprint density at radius 3 is 2.54 bits per heavy atom. The summed E-state index contributed by atoms with van der Waals surface area (Å²) in [6.45, 7) is 1.74. The highest BCUT2D eigenvalue weighted by Gasteiger charge is 2.32. The van der Waals surface area contributed by atoms with Gasteiger partial charge in [0.25, 0.3) is 0 Å². The van der Waals surface area contributed by atoms with Gasteiger partial charge in [0, 0.05) is 6.20 Å². The molecule has 0 unspecified atom stereocenters. The quantitative estimate of drug-likeness (QED) is 0.744. The van der Waals surface area contributed by atoms with Crippen LogP contribution in [-0.4, -0.2) is 11.3 Å². The highest BCUT2D eigenvalue weighted by atomic mass is 127. The van der Waals surface area contributed by atoms with Gasteiger partial charge in [0.2, 0.25) is 5.88 Å². The maximum Gasteiger partial charge on any atom is 0.574 e. The molecule has 1 rings (SSSR count). The van der Waals surface area contributed by atoms with Crippen molar-refractivity contribution in [1.82, 2.24) is 4.98 Å². The molecule has 1 aromatic heterocycles.